The number of thiocarbonyl (C=S) groups is 1. The number of nitrogens with one attached hydrogen (secondary N) is 3. The smallest absolute Gasteiger partial charge is 0.170 e. The van der Waals surface area contributed by atoms with Crippen molar-refractivity contribution in [2.45, 2.75) is 13.3 Å². The average molecular weight is 252 g/mol. The lowest BCUT2D eigenvalue weighted by molar-refractivity contribution is -0.856. The quantitative estimate of drug-likeness (QED) is 0.673. The number of hydrogen-bond acceptors (Lipinski definition) is 1. The van der Waals surface area contributed by atoms with Crippen molar-refractivity contribution in [1.29, 1.82) is 0 Å². The third kappa shape index (κ3) is 5.15. The lowest BCUT2D eigenvalue weighted by Crippen LogP contribution is -3.06. The number of aryl methyl sites for hydroxylation is 1. The van der Waals surface area contributed by atoms with Gasteiger partial charge < -0.3 is 15.5 Å². The predicted octanol–water partition coefficient (Wildman–Crippen LogP) is 0.680. The molecule has 3 N–H and O–H groups in total. The van der Waals surface area contributed by atoms with Crippen LogP contribution in [0.15, 0.2) is 24.3 Å². The number of benzene rings is 1. The fourth-order valence-electron chi connectivity index (χ4n) is 1.54. The van der Waals surface area contributed by atoms with Crippen molar-refractivity contribution in [3.63, 3.8) is 0 Å². The van der Waals surface area contributed by atoms with Crippen LogP contribution in [0.5, 0.6) is 0 Å². The summed E-state index contributed by atoms with van der Waals surface area (Å²) in [5.41, 5.74) is 2.39. The highest BCUT2D eigenvalue weighted by Gasteiger charge is 2.02. The Morgan fingerprint density at radius 1 is 1.29 bits per heavy atom. The fraction of sp³-hybridized carbons (Fsp3) is 0.462. The maximum Gasteiger partial charge on any atom is 0.170 e. The monoisotopic (exact) mass is 252 g/mol. The van der Waals surface area contributed by atoms with Gasteiger partial charge in [0.1, 0.15) is 0 Å². The highest BCUT2D eigenvalue weighted by molar-refractivity contribution is 7.80. The van der Waals surface area contributed by atoms with Crippen LogP contribution >= 0.6 is 12.2 Å². The van der Waals surface area contributed by atoms with Crippen LogP contribution in [0.25, 0.3) is 0 Å². The second-order valence-electron chi connectivity index (χ2n) is 4.35. The summed E-state index contributed by atoms with van der Waals surface area (Å²) >= 11 is 5.26. The van der Waals surface area contributed by atoms with Gasteiger partial charge in [-0.15, -0.1) is 0 Å². The first-order chi connectivity index (χ1) is 8.13. The van der Waals surface area contributed by atoms with Gasteiger partial charge in [-0.3, -0.25) is 0 Å². The summed E-state index contributed by atoms with van der Waals surface area (Å²) in [6.07, 6.45) is 1.01. The zero-order chi connectivity index (χ0) is 12.7. The number of rotatable bonds is 5. The van der Waals surface area contributed by atoms with Crippen LogP contribution in [0.4, 0.5) is 5.69 Å². The van der Waals surface area contributed by atoms with Gasteiger partial charge in [0, 0.05) is 5.69 Å². The van der Waals surface area contributed by atoms with E-state index in [1.54, 1.807) is 0 Å². The average Bonchev–Trinajstić information content (AvgIpc) is 2.29. The first-order valence-corrected chi connectivity index (χ1v) is 6.46. The molecule has 0 atom stereocenters. The van der Waals surface area contributed by atoms with Crippen molar-refractivity contribution in [1.82, 2.24) is 5.32 Å². The number of anilines is 1. The number of hydrogen-bond donors (Lipinski definition) is 3. The van der Waals surface area contributed by atoms with Crippen molar-refractivity contribution in [3.05, 3.63) is 29.8 Å². The minimum atomic E-state index is 0.701. The molecular weight excluding hydrogens is 230 g/mol. The molecule has 0 bridgehead atoms. The molecule has 0 fully saturated rings. The minimum Gasteiger partial charge on any atom is -0.357 e. The maximum atomic E-state index is 5.26. The van der Waals surface area contributed by atoms with E-state index in [-0.39, 0.29) is 0 Å². The normalized spacial score (nSPS) is 10.4. The number of quaternary nitrogens is 1. The third-order valence-electron chi connectivity index (χ3n) is 2.56. The third-order valence-corrected chi connectivity index (χ3v) is 2.80. The largest absolute Gasteiger partial charge is 0.357 e. The molecule has 0 aliphatic carbocycles. The van der Waals surface area contributed by atoms with E-state index >= 15 is 0 Å². The molecule has 1 aromatic rings. The van der Waals surface area contributed by atoms with E-state index in [4.69, 9.17) is 12.2 Å². The van der Waals surface area contributed by atoms with Gasteiger partial charge in [0.2, 0.25) is 0 Å². The van der Waals surface area contributed by atoms with Gasteiger partial charge >= 0.3 is 0 Å². The highest BCUT2D eigenvalue weighted by Crippen LogP contribution is 2.14. The van der Waals surface area contributed by atoms with Gasteiger partial charge in [0.25, 0.3) is 0 Å². The van der Waals surface area contributed by atoms with Gasteiger partial charge in [-0.05, 0) is 30.3 Å². The highest BCUT2D eigenvalue weighted by atomic mass is 32.1. The van der Waals surface area contributed by atoms with Gasteiger partial charge in [-0.25, -0.2) is 0 Å². The van der Waals surface area contributed by atoms with Crippen LogP contribution < -0.4 is 15.5 Å². The Labute approximate surface area is 109 Å². The molecule has 1 rings (SSSR count). The molecule has 0 amide bonds. The van der Waals surface area contributed by atoms with Crippen LogP contribution in [0.3, 0.4) is 0 Å². The van der Waals surface area contributed by atoms with E-state index in [1.807, 2.05) is 6.07 Å². The van der Waals surface area contributed by atoms with E-state index in [1.165, 1.54) is 10.5 Å². The Balaban J connectivity index is 2.45. The molecule has 0 heterocycles. The molecule has 0 aliphatic heterocycles. The lowest BCUT2D eigenvalue weighted by atomic mass is 10.1. The van der Waals surface area contributed by atoms with E-state index in [0.29, 0.717) is 5.11 Å². The Kier molecular flexibility index (Phi) is 5.94. The van der Waals surface area contributed by atoms with Crippen LogP contribution in [0.1, 0.15) is 12.5 Å². The molecule has 0 aromatic heterocycles. The minimum absolute atomic E-state index is 0.701. The molecule has 17 heavy (non-hydrogen) atoms. The summed E-state index contributed by atoms with van der Waals surface area (Å²) < 4.78 is 0. The molecule has 3 nitrogen and oxygen atoms in total. The molecular formula is C13H22N3S+. The van der Waals surface area contributed by atoms with E-state index < -0.39 is 0 Å². The summed E-state index contributed by atoms with van der Waals surface area (Å²) in [4.78, 5) is 1.41. The van der Waals surface area contributed by atoms with E-state index in [2.05, 4.69) is 49.9 Å². The van der Waals surface area contributed by atoms with Crippen molar-refractivity contribution in [3.8, 4) is 0 Å². The standard InChI is InChI=1S/C13H21N3S/c1-4-11-7-5-6-8-12(11)15-13(17)14-9-10-16(2)3/h5-8H,4,9-10H2,1-3H3,(H2,14,15,17)/p+1. The first kappa shape index (κ1) is 13.9. The van der Waals surface area contributed by atoms with Crippen LogP contribution in [-0.2, 0) is 6.42 Å². The molecule has 94 valence electrons. The lowest BCUT2D eigenvalue weighted by Gasteiger charge is -2.14. The van der Waals surface area contributed by atoms with Gasteiger partial charge in [-0.1, -0.05) is 25.1 Å². The Morgan fingerprint density at radius 3 is 2.65 bits per heavy atom. The molecule has 0 spiro atoms. The summed E-state index contributed by atoms with van der Waals surface area (Å²) in [5, 5.41) is 7.16. The Bertz CT molecular complexity index is 363. The summed E-state index contributed by atoms with van der Waals surface area (Å²) in [6, 6.07) is 8.25. The first-order valence-electron chi connectivity index (χ1n) is 6.05. The number of para-hydroxylation sites is 1. The second-order valence-corrected chi connectivity index (χ2v) is 4.76. The summed E-state index contributed by atoms with van der Waals surface area (Å²) in [7, 11) is 4.26. The summed E-state index contributed by atoms with van der Waals surface area (Å²) in [5.74, 6) is 0. The van der Waals surface area contributed by atoms with Gasteiger partial charge in [0.05, 0.1) is 27.2 Å². The maximum absolute atomic E-state index is 5.26. The zero-order valence-electron chi connectivity index (χ0n) is 10.8. The van der Waals surface area contributed by atoms with E-state index in [9.17, 15) is 0 Å². The van der Waals surface area contributed by atoms with Crippen molar-refractivity contribution >= 4 is 23.0 Å². The van der Waals surface area contributed by atoms with Crippen LogP contribution in [0, 0.1) is 0 Å². The van der Waals surface area contributed by atoms with Gasteiger partial charge in [-0.2, -0.15) is 0 Å². The van der Waals surface area contributed by atoms with Crippen molar-refractivity contribution in [2.24, 2.45) is 0 Å². The van der Waals surface area contributed by atoms with Gasteiger partial charge in [0.15, 0.2) is 5.11 Å². The Hall–Kier alpha value is -1.13. The zero-order valence-corrected chi connectivity index (χ0v) is 11.7. The molecule has 0 saturated carbocycles. The van der Waals surface area contributed by atoms with E-state index in [0.717, 1.165) is 25.2 Å². The second kappa shape index (κ2) is 7.25. The molecule has 1 aromatic carbocycles. The van der Waals surface area contributed by atoms with Crippen molar-refractivity contribution < 1.29 is 4.90 Å². The Morgan fingerprint density at radius 2 is 2.00 bits per heavy atom. The topological polar surface area (TPSA) is 28.5 Å². The van der Waals surface area contributed by atoms with Crippen LogP contribution in [0.2, 0.25) is 0 Å². The SMILES string of the molecule is CCc1ccccc1NC(=S)NCC[NH+](C)C. The molecule has 4 heteroatoms. The molecule has 0 saturated heterocycles. The fourth-order valence-corrected chi connectivity index (χ4v) is 1.76. The molecule has 0 unspecified atom stereocenters. The molecule has 0 aliphatic rings. The van der Waals surface area contributed by atoms with Crippen LogP contribution in [-0.4, -0.2) is 32.3 Å². The predicted molar refractivity (Wildman–Crippen MR) is 77.7 cm³/mol. The number of likely N-dealkylation sites (N-methyl/N-ethyl adjacent to an activating group) is 1. The van der Waals surface area contributed by atoms with Crippen molar-refractivity contribution in [2.75, 3.05) is 32.5 Å². The summed E-state index contributed by atoms with van der Waals surface area (Å²) in [6.45, 7) is 4.09. The molecule has 0 radical (unpaired) electrons.